The van der Waals surface area contributed by atoms with Crippen LogP contribution in [0.4, 0.5) is 0 Å². The van der Waals surface area contributed by atoms with Crippen molar-refractivity contribution in [2.75, 3.05) is 0 Å². The average molecular weight is 479 g/mol. The van der Waals surface area contributed by atoms with Crippen LogP contribution in [-0.2, 0) is 4.79 Å². The number of carbonyl (C=O) groups is 1. The second-order valence-electron chi connectivity index (χ2n) is 10.3. The molecule has 0 saturated carbocycles. The van der Waals surface area contributed by atoms with Gasteiger partial charge in [0.05, 0.1) is 0 Å². The molecule has 1 atom stereocenters. The number of nitrogens with one attached hydrogen (secondary N) is 1. The second kappa shape index (κ2) is 10.0. The van der Waals surface area contributed by atoms with Gasteiger partial charge in [0.25, 0.3) is 0 Å². The van der Waals surface area contributed by atoms with Crippen molar-refractivity contribution in [3.05, 3.63) is 103 Å². The Hall–Kier alpha value is -3.50. The lowest BCUT2D eigenvalue weighted by Crippen LogP contribution is -2.73. The highest BCUT2D eigenvalue weighted by molar-refractivity contribution is 7.14. The number of hydrogen-bond acceptors (Lipinski definition) is 2. The molecule has 35 heavy (non-hydrogen) atoms. The van der Waals surface area contributed by atoms with E-state index in [0.717, 1.165) is 10.9 Å². The first kappa shape index (κ1) is 24.6. The van der Waals surface area contributed by atoms with E-state index in [2.05, 4.69) is 105 Å². The first-order chi connectivity index (χ1) is 16.7. The van der Waals surface area contributed by atoms with Crippen LogP contribution in [0.15, 0.2) is 97.2 Å². The fourth-order valence-electron chi connectivity index (χ4n) is 5.20. The molecule has 4 rings (SSSR count). The molecule has 178 valence electrons. The van der Waals surface area contributed by atoms with Gasteiger partial charge in [-0.2, -0.15) is 0 Å². The van der Waals surface area contributed by atoms with Gasteiger partial charge >= 0.3 is 0 Å². The molecule has 1 amide bonds. The Morgan fingerprint density at radius 3 is 2.26 bits per heavy atom. The Kier molecular flexibility index (Phi) is 7.04. The molecule has 0 aliphatic rings. The molecular weight excluding hydrogens is 444 g/mol. The minimum Gasteiger partial charge on any atom is -0.350 e. The van der Waals surface area contributed by atoms with Crippen LogP contribution in [-0.4, -0.2) is 25.0 Å². The van der Waals surface area contributed by atoms with Crippen molar-refractivity contribution >= 4 is 46.5 Å². The predicted molar refractivity (Wildman–Crippen MR) is 151 cm³/mol. The molecule has 0 unspecified atom stereocenters. The lowest BCUT2D eigenvalue weighted by molar-refractivity contribution is -0.116. The highest BCUT2D eigenvalue weighted by Gasteiger charge is 2.52. The molecule has 0 saturated heterocycles. The van der Waals surface area contributed by atoms with Crippen molar-refractivity contribution in [1.29, 1.82) is 0 Å². The van der Waals surface area contributed by atoms with Gasteiger partial charge in [0.15, 0.2) is 8.07 Å². The summed E-state index contributed by atoms with van der Waals surface area (Å²) in [5.41, 5.74) is 1.06. The number of pyridine rings is 1. The molecule has 0 bridgehead atoms. The maximum atomic E-state index is 12.5. The molecule has 0 spiro atoms. The van der Waals surface area contributed by atoms with E-state index in [1.807, 2.05) is 32.2 Å². The number of nitrogens with zero attached hydrogens (tertiary/aromatic N) is 1. The Labute approximate surface area is 209 Å². The molecule has 4 heteroatoms. The Balaban J connectivity index is 2.09. The highest BCUT2D eigenvalue weighted by atomic mass is 28.3. The number of benzene rings is 3. The van der Waals surface area contributed by atoms with Crippen molar-refractivity contribution < 1.29 is 4.79 Å². The van der Waals surface area contributed by atoms with E-state index in [4.69, 9.17) is 4.98 Å². The van der Waals surface area contributed by atoms with Crippen LogP contribution in [0.3, 0.4) is 0 Å². The molecule has 0 fully saturated rings. The van der Waals surface area contributed by atoms with Crippen LogP contribution in [0.5, 0.6) is 0 Å². The number of hydrogen-bond donors (Lipinski definition) is 1. The highest BCUT2D eigenvalue weighted by Crippen LogP contribution is 2.37. The molecule has 0 aliphatic carbocycles. The first-order valence-electron chi connectivity index (χ1n) is 12.2. The summed E-state index contributed by atoms with van der Waals surface area (Å²) >= 11 is 0. The summed E-state index contributed by atoms with van der Waals surface area (Å²) in [6.45, 7) is 10.9. The quantitative estimate of drug-likeness (QED) is 0.311. The zero-order chi connectivity index (χ0) is 25.1. The SMILES string of the molecule is CC(C)NC(=O)/C=C/c1ccccc1[Si@](c1ccccc1)(c1nccc2ccccc12)C(C)(C)C. The minimum atomic E-state index is -2.73. The van der Waals surface area contributed by atoms with E-state index in [9.17, 15) is 4.79 Å². The van der Waals surface area contributed by atoms with Crippen molar-refractivity contribution in [1.82, 2.24) is 10.3 Å². The molecule has 0 aliphatic heterocycles. The van der Waals surface area contributed by atoms with E-state index in [-0.39, 0.29) is 17.0 Å². The molecule has 1 N–H and O–H groups in total. The first-order valence-corrected chi connectivity index (χ1v) is 14.2. The van der Waals surface area contributed by atoms with Crippen LogP contribution >= 0.6 is 0 Å². The van der Waals surface area contributed by atoms with Crippen molar-refractivity contribution in [2.24, 2.45) is 0 Å². The standard InChI is InChI=1S/C31H34N2OSi/c1-23(2)33-29(34)20-19-25-14-10-12-18-28(25)35(31(3,4)5,26-15-7-6-8-16-26)30-27-17-11-9-13-24(27)21-22-32-30/h6-23H,1-5H3,(H,33,34)/b20-19+/t35-/m1/s1. The largest absolute Gasteiger partial charge is 0.350 e. The molecular formula is C31H34N2OSi. The van der Waals surface area contributed by atoms with Crippen molar-refractivity contribution in [3.63, 3.8) is 0 Å². The van der Waals surface area contributed by atoms with Crippen LogP contribution in [0.1, 0.15) is 40.2 Å². The summed E-state index contributed by atoms with van der Waals surface area (Å²) in [5.74, 6) is -0.0826. The van der Waals surface area contributed by atoms with Crippen molar-refractivity contribution in [3.8, 4) is 0 Å². The molecule has 3 aromatic carbocycles. The van der Waals surface area contributed by atoms with Crippen LogP contribution in [0, 0.1) is 0 Å². The molecule has 3 nitrogen and oxygen atoms in total. The van der Waals surface area contributed by atoms with Gasteiger partial charge in [-0.15, -0.1) is 0 Å². The monoisotopic (exact) mass is 478 g/mol. The zero-order valence-electron chi connectivity index (χ0n) is 21.2. The minimum absolute atomic E-state index is 0.0826. The van der Waals surface area contributed by atoms with Crippen LogP contribution in [0.25, 0.3) is 16.8 Å². The second-order valence-corrected chi connectivity index (χ2v) is 14.9. The van der Waals surface area contributed by atoms with Crippen LogP contribution in [0.2, 0.25) is 5.04 Å². The van der Waals surface area contributed by atoms with E-state index in [1.165, 1.54) is 21.1 Å². The topological polar surface area (TPSA) is 42.0 Å². The molecule has 0 radical (unpaired) electrons. The lowest BCUT2D eigenvalue weighted by atomic mass is 10.2. The van der Waals surface area contributed by atoms with Gasteiger partial charge in [0, 0.05) is 23.6 Å². The van der Waals surface area contributed by atoms with Gasteiger partial charge in [-0.25, -0.2) is 0 Å². The summed E-state index contributed by atoms with van der Waals surface area (Å²) in [6, 6.07) is 30.1. The van der Waals surface area contributed by atoms with Crippen molar-refractivity contribution in [2.45, 2.75) is 45.7 Å². The fraction of sp³-hybridized carbons (Fsp3) is 0.226. The number of carbonyl (C=O) groups excluding carboxylic acids is 1. The normalized spacial score (nSPS) is 13.8. The number of rotatable bonds is 6. The van der Waals surface area contributed by atoms with E-state index in [0.29, 0.717) is 0 Å². The Morgan fingerprint density at radius 1 is 0.886 bits per heavy atom. The van der Waals surface area contributed by atoms with Gasteiger partial charge in [0.2, 0.25) is 5.91 Å². The van der Waals surface area contributed by atoms with Gasteiger partial charge in [-0.1, -0.05) is 99.6 Å². The van der Waals surface area contributed by atoms with E-state index >= 15 is 0 Å². The van der Waals surface area contributed by atoms with Crippen LogP contribution < -0.4 is 21.0 Å². The summed E-state index contributed by atoms with van der Waals surface area (Å²) in [4.78, 5) is 17.6. The van der Waals surface area contributed by atoms with Gasteiger partial charge in [-0.05, 0) is 57.7 Å². The van der Waals surface area contributed by atoms with Gasteiger partial charge in [-0.3, -0.25) is 9.78 Å². The third-order valence-electron chi connectivity index (χ3n) is 6.57. The zero-order valence-corrected chi connectivity index (χ0v) is 22.2. The number of fused-ring (bicyclic) bond motifs is 1. The number of aromatic nitrogens is 1. The fourth-order valence-corrected chi connectivity index (χ4v) is 11.0. The third-order valence-corrected chi connectivity index (χ3v) is 12.4. The average Bonchev–Trinajstić information content (AvgIpc) is 2.83. The number of amides is 1. The van der Waals surface area contributed by atoms with Gasteiger partial charge < -0.3 is 5.32 Å². The maximum absolute atomic E-state index is 12.5. The maximum Gasteiger partial charge on any atom is 0.244 e. The van der Waals surface area contributed by atoms with E-state index < -0.39 is 8.07 Å². The molecule has 4 aromatic rings. The van der Waals surface area contributed by atoms with Gasteiger partial charge in [0.1, 0.15) is 0 Å². The van der Waals surface area contributed by atoms with E-state index in [1.54, 1.807) is 6.08 Å². The third kappa shape index (κ3) is 4.71. The molecule has 1 heterocycles. The summed E-state index contributed by atoms with van der Waals surface area (Å²) in [5, 5.41) is 8.96. The lowest BCUT2D eigenvalue weighted by Gasteiger charge is -2.44. The Morgan fingerprint density at radius 2 is 1.54 bits per heavy atom. The Bertz CT molecular complexity index is 1350. The summed E-state index contributed by atoms with van der Waals surface area (Å²) < 4.78 is 0. The smallest absolute Gasteiger partial charge is 0.244 e. The predicted octanol–water partition coefficient (Wildman–Crippen LogP) is 5.04. The summed E-state index contributed by atoms with van der Waals surface area (Å²) in [6.07, 6.45) is 5.57. The molecule has 1 aromatic heterocycles. The summed E-state index contributed by atoms with van der Waals surface area (Å²) in [7, 11) is -2.73.